The molecule has 1 aliphatic rings. The van der Waals surface area contributed by atoms with Gasteiger partial charge in [0.1, 0.15) is 6.10 Å². The van der Waals surface area contributed by atoms with Crippen LogP contribution in [0.15, 0.2) is 42.6 Å². The summed E-state index contributed by atoms with van der Waals surface area (Å²) in [4.78, 5) is 4.56. The highest BCUT2D eigenvalue weighted by Gasteiger charge is 2.24. The average molecular weight is 294 g/mol. The number of pyridine rings is 1. The van der Waals surface area contributed by atoms with Crippen molar-refractivity contribution in [3.63, 3.8) is 0 Å². The molecule has 22 heavy (non-hydrogen) atoms. The van der Waals surface area contributed by atoms with Crippen LogP contribution in [-0.4, -0.2) is 14.5 Å². The Morgan fingerprint density at radius 3 is 3.00 bits per heavy atom. The molecule has 0 amide bonds. The summed E-state index contributed by atoms with van der Waals surface area (Å²) in [7, 11) is 0. The number of ether oxygens (including phenoxy) is 1. The maximum atomic E-state index is 9.51. The first-order valence-corrected chi connectivity index (χ1v) is 7.60. The second kappa shape index (κ2) is 5.14. The van der Waals surface area contributed by atoms with E-state index >= 15 is 0 Å². The van der Waals surface area contributed by atoms with E-state index in [4.69, 9.17) is 4.74 Å². The smallest absolute Gasteiger partial charge is 0.180 e. The Kier molecular flexibility index (Phi) is 3.12. The largest absolute Gasteiger partial charge is 0.482 e. The zero-order chi connectivity index (χ0) is 15.1. The van der Waals surface area contributed by atoms with Gasteiger partial charge in [-0.15, -0.1) is 0 Å². The van der Waals surface area contributed by atoms with Gasteiger partial charge in [-0.1, -0.05) is 24.3 Å². The molecule has 1 atom stereocenters. The number of fused-ring (bicyclic) bond motifs is 2. The molecule has 4 rings (SSSR count). The molecule has 1 aliphatic carbocycles. The SMILES string of the molecule is Cc1nc2c(OC3CCc4ccccc43)cccn2c1CO. The lowest BCUT2D eigenvalue weighted by Gasteiger charge is -2.15. The molecule has 1 unspecified atom stereocenters. The highest BCUT2D eigenvalue weighted by atomic mass is 16.5. The number of benzene rings is 1. The quantitative estimate of drug-likeness (QED) is 0.807. The number of hydrogen-bond acceptors (Lipinski definition) is 3. The van der Waals surface area contributed by atoms with Gasteiger partial charge >= 0.3 is 0 Å². The van der Waals surface area contributed by atoms with E-state index in [0.717, 1.165) is 35.6 Å². The summed E-state index contributed by atoms with van der Waals surface area (Å²) >= 11 is 0. The van der Waals surface area contributed by atoms with Crippen LogP contribution in [0.2, 0.25) is 0 Å². The average Bonchev–Trinajstić information content (AvgIpc) is 3.08. The molecule has 0 aliphatic heterocycles. The Morgan fingerprint density at radius 2 is 2.14 bits per heavy atom. The van der Waals surface area contributed by atoms with Gasteiger partial charge in [0.15, 0.2) is 11.4 Å². The zero-order valence-electron chi connectivity index (χ0n) is 12.5. The minimum Gasteiger partial charge on any atom is -0.482 e. The molecular formula is C18H18N2O2. The molecule has 0 fully saturated rings. The number of aliphatic hydroxyl groups excluding tert-OH is 1. The van der Waals surface area contributed by atoms with Gasteiger partial charge in [0.25, 0.3) is 0 Å². The van der Waals surface area contributed by atoms with E-state index in [-0.39, 0.29) is 12.7 Å². The van der Waals surface area contributed by atoms with Crippen LogP contribution in [0, 0.1) is 6.92 Å². The minimum absolute atomic E-state index is 0.0251. The summed E-state index contributed by atoms with van der Waals surface area (Å²) < 4.78 is 8.17. The number of hydrogen-bond donors (Lipinski definition) is 1. The van der Waals surface area contributed by atoms with Crippen molar-refractivity contribution in [2.75, 3.05) is 0 Å². The fraction of sp³-hybridized carbons (Fsp3) is 0.278. The Morgan fingerprint density at radius 1 is 1.27 bits per heavy atom. The summed E-state index contributed by atoms with van der Waals surface area (Å²) in [5, 5.41) is 9.51. The second-order valence-corrected chi connectivity index (χ2v) is 5.71. The fourth-order valence-corrected chi connectivity index (χ4v) is 3.28. The van der Waals surface area contributed by atoms with Gasteiger partial charge in [0.2, 0.25) is 0 Å². The third-order valence-electron chi connectivity index (χ3n) is 4.41. The summed E-state index contributed by atoms with van der Waals surface area (Å²) in [6.45, 7) is 1.88. The molecule has 4 nitrogen and oxygen atoms in total. The molecule has 3 aromatic rings. The minimum atomic E-state index is -0.0251. The van der Waals surface area contributed by atoms with Gasteiger partial charge in [-0.2, -0.15) is 0 Å². The first kappa shape index (κ1) is 13.3. The molecule has 1 N–H and O–H groups in total. The molecule has 1 aromatic carbocycles. The summed E-state index contributed by atoms with van der Waals surface area (Å²) in [6.07, 6.45) is 4.04. The first-order valence-electron chi connectivity index (χ1n) is 7.60. The third kappa shape index (κ3) is 1.99. The molecule has 0 saturated carbocycles. The van der Waals surface area contributed by atoms with Gasteiger partial charge in [-0.05, 0) is 43.0 Å². The number of nitrogens with zero attached hydrogens (tertiary/aromatic N) is 2. The van der Waals surface area contributed by atoms with Crippen molar-refractivity contribution in [2.45, 2.75) is 32.5 Å². The predicted octanol–water partition coefficient (Wildman–Crippen LogP) is 3.20. The van der Waals surface area contributed by atoms with E-state index in [2.05, 4.69) is 29.2 Å². The van der Waals surface area contributed by atoms with Crippen LogP contribution in [0.3, 0.4) is 0 Å². The molecule has 2 aromatic heterocycles. The summed E-state index contributed by atoms with van der Waals surface area (Å²) in [5.41, 5.74) is 5.07. The van der Waals surface area contributed by atoms with Crippen LogP contribution >= 0.6 is 0 Å². The van der Waals surface area contributed by atoms with Crippen molar-refractivity contribution in [1.82, 2.24) is 9.38 Å². The van der Waals surface area contributed by atoms with Crippen molar-refractivity contribution in [1.29, 1.82) is 0 Å². The molecule has 0 spiro atoms. The Labute approximate surface area is 129 Å². The summed E-state index contributed by atoms with van der Waals surface area (Å²) in [5.74, 6) is 0.770. The van der Waals surface area contributed by atoms with E-state index in [0.29, 0.717) is 0 Å². The highest BCUT2D eigenvalue weighted by Crippen LogP contribution is 2.36. The number of imidazole rings is 1. The van der Waals surface area contributed by atoms with Crippen molar-refractivity contribution >= 4 is 5.65 Å². The van der Waals surface area contributed by atoms with E-state index < -0.39 is 0 Å². The van der Waals surface area contributed by atoms with Crippen LogP contribution < -0.4 is 4.74 Å². The van der Waals surface area contributed by atoms with Crippen LogP contribution in [0.4, 0.5) is 0 Å². The summed E-state index contributed by atoms with van der Waals surface area (Å²) in [6, 6.07) is 12.3. The maximum absolute atomic E-state index is 9.51. The normalized spacial score (nSPS) is 16.9. The number of rotatable bonds is 3. The third-order valence-corrected chi connectivity index (χ3v) is 4.41. The molecule has 112 valence electrons. The van der Waals surface area contributed by atoms with Crippen LogP contribution in [0.5, 0.6) is 5.75 Å². The number of aryl methyl sites for hydroxylation is 2. The molecule has 2 heterocycles. The van der Waals surface area contributed by atoms with Crippen molar-refractivity contribution in [3.05, 3.63) is 65.1 Å². The van der Waals surface area contributed by atoms with E-state index in [1.54, 1.807) is 0 Å². The van der Waals surface area contributed by atoms with Crippen molar-refractivity contribution in [2.24, 2.45) is 0 Å². The van der Waals surface area contributed by atoms with E-state index in [1.165, 1.54) is 11.1 Å². The Bertz CT molecular complexity index is 838. The Balaban J connectivity index is 1.74. The molecule has 0 bridgehead atoms. The lowest BCUT2D eigenvalue weighted by atomic mass is 10.1. The van der Waals surface area contributed by atoms with Gasteiger partial charge < -0.3 is 9.84 Å². The monoisotopic (exact) mass is 294 g/mol. The molecular weight excluding hydrogens is 276 g/mol. The van der Waals surface area contributed by atoms with Crippen molar-refractivity contribution in [3.8, 4) is 5.75 Å². The fourth-order valence-electron chi connectivity index (χ4n) is 3.28. The number of aromatic nitrogens is 2. The highest BCUT2D eigenvalue weighted by molar-refractivity contribution is 5.56. The second-order valence-electron chi connectivity index (χ2n) is 5.71. The maximum Gasteiger partial charge on any atom is 0.180 e. The van der Waals surface area contributed by atoms with Crippen LogP contribution in [0.1, 0.15) is 35.0 Å². The lowest BCUT2D eigenvalue weighted by molar-refractivity contribution is 0.209. The van der Waals surface area contributed by atoms with E-state index in [1.807, 2.05) is 29.7 Å². The van der Waals surface area contributed by atoms with Gasteiger partial charge in [-0.3, -0.25) is 4.40 Å². The van der Waals surface area contributed by atoms with Crippen molar-refractivity contribution < 1.29 is 9.84 Å². The van der Waals surface area contributed by atoms with E-state index in [9.17, 15) is 5.11 Å². The predicted molar refractivity (Wildman–Crippen MR) is 84.0 cm³/mol. The standard InChI is InChI=1S/C18H18N2O2/c1-12-15(11-21)20-10-4-7-17(18(20)19-12)22-16-9-8-13-5-2-3-6-14(13)16/h2-7,10,16,21H,8-9,11H2,1H3. The topological polar surface area (TPSA) is 46.8 Å². The molecule has 4 heteroatoms. The van der Waals surface area contributed by atoms with Crippen LogP contribution in [-0.2, 0) is 13.0 Å². The molecule has 0 saturated heterocycles. The zero-order valence-corrected chi connectivity index (χ0v) is 12.5. The van der Waals surface area contributed by atoms with Gasteiger partial charge in [0, 0.05) is 6.20 Å². The number of aliphatic hydroxyl groups is 1. The van der Waals surface area contributed by atoms with Crippen LogP contribution in [0.25, 0.3) is 5.65 Å². The molecule has 0 radical (unpaired) electrons. The van der Waals surface area contributed by atoms with Gasteiger partial charge in [-0.25, -0.2) is 4.98 Å². The lowest BCUT2D eigenvalue weighted by Crippen LogP contribution is -2.05. The van der Waals surface area contributed by atoms with Gasteiger partial charge in [0.05, 0.1) is 18.0 Å². The Hall–Kier alpha value is -2.33. The first-order chi connectivity index (χ1) is 10.8.